The molecule has 1 aromatic carbocycles. The Morgan fingerprint density at radius 3 is 2.68 bits per heavy atom. The number of hydrogen-bond donors (Lipinski definition) is 1. The SMILES string of the molecule is O=C(CCc1ccccc1)NCc1cc(-c2ccsc2)cs1. The van der Waals surface area contributed by atoms with E-state index in [-0.39, 0.29) is 5.91 Å². The number of benzene rings is 1. The molecule has 2 heterocycles. The first-order valence-corrected chi connectivity index (χ1v) is 9.04. The van der Waals surface area contributed by atoms with Crippen molar-refractivity contribution in [2.24, 2.45) is 0 Å². The van der Waals surface area contributed by atoms with Crippen molar-refractivity contribution in [2.75, 3.05) is 0 Å². The molecule has 22 heavy (non-hydrogen) atoms. The molecule has 4 heteroatoms. The molecule has 1 amide bonds. The highest BCUT2D eigenvalue weighted by Crippen LogP contribution is 2.27. The Hall–Kier alpha value is -1.91. The van der Waals surface area contributed by atoms with Crippen LogP contribution in [0.4, 0.5) is 0 Å². The number of carbonyl (C=O) groups is 1. The highest BCUT2D eigenvalue weighted by molar-refractivity contribution is 7.10. The fraction of sp³-hybridized carbons (Fsp3) is 0.167. The van der Waals surface area contributed by atoms with E-state index in [0.29, 0.717) is 13.0 Å². The summed E-state index contributed by atoms with van der Waals surface area (Å²) in [6.07, 6.45) is 1.32. The lowest BCUT2D eigenvalue weighted by atomic mass is 10.1. The van der Waals surface area contributed by atoms with Gasteiger partial charge in [-0.25, -0.2) is 0 Å². The molecule has 2 nitrogen and oxygen atoms in total. The molecule has 0 radical (unpaired) electrons. The Balaban J connectivity index is 1.47. The van der Waals surface area contributed by atoms with E-state index in [2.05, 4.69) is 45.7 Å². The van der Waals surface area contributed by atoms with Crippen molar-refractivity contribution < 1.29 is 4.79 Å². The van der Waals surface area contributed by atoms with Crippen LogP contribution in [0.1, 0.15) is 16.9 Å². The maximum absolute atomic E-state index is 11.9. The summed E-state index contributed by atoms with van der Waals surface area (Å²) < 4.78 is 0. The van der Waals surface area contributed by atoms with Crippen molar-refractivity contribution in [2.45, 2.75) is 19.4 Å². The summed E-state index contributed by atoms with van der Waals surface area (Å²) in [5, 5.41) is 9.37. The topological polar surface area (TPSA) is 29.1 Å². The maximum atomic E-state index is 11.9. The van der Waals surface area contributed by atoms with Crippen LogP contribution >= 0.6 is 22.7 Å². The molecule has 2 aromatic heterocycles. The summed E-state index contributed by atoms with van der Waals surface area (Å²) in [6.45, 7) is 0.614. The monoisotopic (exact) mass is 327 g/mol. The summed E-state index contributed by atoms with van der Waals surface area (Å²) >= 11 is 3.40. The van der Waals surface area contributed by atoms with E-state index < -0.39 is 0 Å². The Labute approximate surface area is 138 Å². The third-order valence-electron chi connectivity index (χ3n) is 3.45. The molecule has 0 atom stereocenters. The van der Waals surface area contributed by atoms with Crippen molar-refractivity contribution in [1.29, 1.82) is 0 Å². The van der Waals surface area contributed by atoms with Gasteiger partial charge in [0.15, 0.2) is 0 Å². The lowest BCUT2D eigenvalue weighted by molar-refractivity contribution is -0.121. The first-order chi connectivity index (χ1) is 10.8. The number of aryl methyl sites for hydroxylation is 1. The fourth-order valence-electron chi connectivity index (χ4n) is 2.23. The van der Waals surface area contributed by atoms with Crippen LogP contribution in [0, 0.1) is 0 Å². The van der Waals surface area contributed by atoms with Gasteiger partial charge < -0.3 is 5.32 Å². The number of hydrogen-bond acceptors (Lipinski definition) is 3. The molecule has 0 fully saturated rings. The van der Waals surface area contributed by atoms with Gasteiger partial charge in [-0.15, -0.1) is 11.3 Å². The number of thiophene rings is 2. The maximum Gasteiger partial charge on any atom is 0.220 e. The third kappa shape index (κ3) is 4.06. The molecule has 1 N–H and O–H groups in total. The van der Waals surface area contributed by atoms with Crippen LogP contribution in [-0.2, 0) is 17.8 Å². The minimum Gasteiger partial charge on any atom is -0.351 e. The quantitative estimate of drug-likeness (QED) is 0.697. The summed E-state index contributed by atoms with van der Waals surface area (Å²) in [6, 6.07) is 14.4. The van der Waals surface area contributed by atoms with E-state index in [4.69, 9.17) is 0 Å². The van der Waals surface area contributed by atoms with Gasteiger partial charge in [-0.3, -0.25) is 4.79 Å². The van der Waals surface area contributed by atoms with Crippen LogP contribution in [0.25, 0.3) is 11.1 Å². The lowest BCUT2D eigenvalue weighted by Gasteiger charge is -2.03. The van der Waals surface area contributed by atoms with Gasteiger partial charge in [0, 0.05) is 11.3 Å². The third-order valence-corrected chi connectivity index (χ3v) is 5.07. The van der Waals surface area contributed by atoms with Gasteiger partial charge in [-0.05, 0) is 51.4 Å². The van der Waals surface area contributed by atoms with Crippen molar-refractivity contribution >= 4 is 28.6 Å². The fourth-order valence-corrected chi connectivity index (χ4v) is 3.73. The molecule has 0 aliphatic heterocycles. The van der Waals surface area contributed by atoms with Crippen LogP contribution in [0.5, 0.6) is 0 Å². The van der Waals surface area contributed by atoms with Crippen molar-refractivity contribution in [1.82, 2.24) is 5.32 Å². The molecule has 0 unspecified atom stereocenters. The highest BCUT2D eigenvalue weighted by Gasteiger charge is 2.05. The van der Waals surface area contributed by atoms with Gasteiger partial charge in [0.05, 0.1) is 6.54 Å². The molecule has 0 aliphatic carbocycles. The van der Waals surface area contributed by atoms with Gasteiger partial charge in [-0.1, -0.05) is 30.3 Å². The van der Waals surface area contributed by atoms with E-state index in [9.17, 15) is 4.79 Å². The molecule has 0 bridgehead atoms. The van der Waals surface area contributed by atoms with E-state index in [1.54, 1.807) is 22.7 Å². The van der Waals surface area contributed by atoms with E-state index in [1.807, 2.05) is 18.2 Å². The van der Waals surface area contributed by atoms with Gasteiger partial charge in [0.25, 0.3) is 0 Å². The predicted octanol–water partition coefficient (Wildman–Crippen LogP) is 4.73. The highest BCUT2D eigenvalue weighted by atomic mass is 32.1. The minimum absolute atomic E-state index is 0.106. The number of nitrogens with one attached hydrogen (secondary N) is 1. The van der Waals surface area contributed by atoms with E-state index >= 15 is 0 Å². The number of amides is 1. The summed E-state index contributed by atoms with van der Waals surface area (Å²) in [5.41, 5.74) is 3.69. The van der Waals surface area contributed by atoms with Crippen molar-refractivity contribution in [3.05, 3.63) is 69.0 Å². The molecule has 0 aliphatic rings. The molecule has 0 spiro atoms. The largest absolute Gasteiger partial charge is 0.351 e. The normalized spacial score (nSPS) is 10.5. The molecule has 3 rings (SSSR count). The van der Waals surface area contributed by atoms with Crippen molar-refractivity contribution in [3.8, 4) is 11.1 Å². The predicted molar refractivity (Wildman–Crippen MR) is 94.2 cm³/mol. The van der Waals surface area contributed by atoms with Crippen LogP contribution in [0.2, 0.25) is 0 Å². The standard InChI is InChI=1S/C18H17NOS2/c20-18(7-6-14-4-2-1-3-5-14)19-11-17-10-16(13-22-17)15-8-9-21-12-15/h1-5,8-10,12-13H,6-7,11H2,(H,19,20). The minimum atomic E-state index is 0.106. The number of carbonyl (C=O) groups excluding carboxylic acids is 1. The summed E-state index contributed by atoms with van der Waals surface area (Å²) in [4.78, 5) is 13.1. The average molecular weight is 327 g/mol. The zero-order valence-electron chi connectivity index (χ0n) is 12.1. The lowest BCUT2D eigenvalue weighted by Crippen LogP contribution is -2.22. The zero-order valence-corrected chi connectivity index (χ0v) is 13.8. The molecule has 112 valence electrons. The second kappa shape index (κ2) is 7.38. The molecule has 0 saturated heterocycles. The Kier molecular flexibility index (Phi) is 5.03. The van der Waals surface area contributed by atoms with Gasteiger partial charge in [0.1, 0.15) is 0 Å². The van der Waals surface area contributed by atoms with Gasteiger partial charge in [0.2, 0.25) is 5.91 Å². The van der Waals surface area contributed by atoms with Crippen LogP contribution in [-0.4, -0.2) is 5.91 Å². The number of rotatable bonds is 6. The Morgan fingerprint density at radius 2 is 1.91 bits per heavy atom. The molecular formula is C18H17NOS2. The van der Waals surface area contributed by atoms with E-state index in [0.717, 1.165) is 6.42 Å². The summed E-state index contributed by atoms with van der Waals surface area (Å²) in [7, 11) is 0. The first-order valence-electron chi connectivity index (χ1n) is 7.22. The van der Waals surface area contributed by atoms with Gasteiger partial charge >= 0.3 is 0 Å². The van der Waals surface area contributed by atoms with E-state index in [1.165, 1.54) is 21.6 Å². The molecule has 0 saturated carbocycles. The van der Waals surface area contributed by atoms with Crippen LogP contribution in [0.15, 0.2) is 58.6 Å². The van der Waals surface area contributed by atoms with Gasteiger partial charge in [-0.2, -0.15) is 11.3 Å². The van der Waals surface area contributed by atoms with Crippen LogP contribution in [0.3, 0.4) is 0 Å². The second-order valence-corrected chi connectivity index (χ2v) is 6.85. The van der Waals surface area contributed by atoms with Crippen LogP contribution < -0.4 is 5.32 Å². The molecule has 3 aromatic rings. The summed E-state index contributed by atoms with van der Waals surface area (Å²) in [5.74, 6) is 0.106. The second-order valence-electron chi connectivity index (χ2n) is 5.08. The average Bonchev–Trinajstić information content (AvgIpc) is 3.22. The molecular weight excluding hydrogens is 310 g/mol. The van der Waals surface area contributed by atoms with Crippen molar-refractivity contribution in [3.63, 3.8) is 0 Å². The first kappa shape index (κ1) is 15.0. The Bertz CT molecular complexity index is 717. The zero-order chi connectivity index (χ0) is 15.2. The smallest absolute Gasteiger partial charge is 0.220 e. The Morgan fingerprint density at radius 1 is 1.05 bits per heavy atom.